The Morgan fingerprint density at radius 2 is 2.07 bits per heavy atom. The number of hydrogen-bond acceptors (Lipinski definition) is 4. The van der Waals surface area contributed by atoms with Gasteiger partial charge in [0.2, 0.25) is 0 Å². The van der Waals surface area contributed by atoms with Gasteiger partial charge in [0.05, 0.1) is 26.9 Å². The summed E-state index contributed by atoms with van der Waals surface area (Å²) < 4.78 is 11.2. The number of nitrogens with two attached hydrogens (primary N) is 1. The van der Waals surface area contributed by atoms with Crippen molar-refractivity contribution in [1.29, 1.82) is 0 Å². The molecular weight excluding hydrogens is 262 g/mol. The van der Waals surface area contributed by atoms with Crippen LogP contribution < -0.4 is 15.2 Å². The van der Waals surface area contributed by atoms with Crippen LogP contribution in [0.5, 0.6) is 11.5 Å². The molecule has 0 fully saturated rings. The molecule has 4 nitrogen and oxygen atoms in total. The van der Waals surface area contributed by atoms with Gasteiger partial charge in [0.1, 0.15) is 0 Å². The molecular formula is C10H14BrNO3. The maximum Gasteiger partial charge on any atom is 0.166 e. The van der Waals surface area contributed by atoms with Crippen molar-refractivity contribution in [1.82, 2.24) is 0 Å². The zero-order valence-corrected chi connectivity index (χ0v) is 10.2. The van der Waals surface area contributed by atoms with E-state index in [1.807, 2.05) is 6.07 Å². The van der Waals surface area contributed by atoms with Crippen LogP contribution in [0.4, 0.5) is 0 Å². The van der Waals surface area contributed by atoms with Crippen molar-refractivity contribution in [3.05, 3.63) is 22.2 Å². The van der Waals surface area contributed by atoms with Gasteiger partial charge < -0.3 is 20.3 Å². The predicted octanol–water partition coefficient (Wildman–Crippen LogP) is 1.46. The van der Waals surface area contributed by atoms with Gasteiger partial charge in [0, 0.05) is 10.0 Å². The van der Waals surface area contributed by atoms with Gasteiger partial charge in [-0.15, -0.1) is 0 Å². The van der Waals surface area contributed by atoms with E-state index in [1.54, 1.807) is 13.2 Å². The Morgan fingerprint density at radius 1 is 1.40 bits per heavy atom. The number of methoxy groups -OCH3 is 2. The molecule has 1 aromatic rings. The molecule has 1 rings (SSSR count). The number of aliphatic hydroxyl groups excluding tert-OH is 1. The lowest BCUT2D eigenvalue weighted by molar-refractivity contribution is 0.262. The van der Waals surface area contributed by atoms with E-state index in [4.69, 9.17) is 20.3 Å². The first-order chi connectivity index (χ1) is 7.15. The standard InChI is InChI=1S/C10H14BrNO3/c1-14-8-4-3-6(11)9(7(12)5-13)10(8)15-2/h3-4,7,13H,5,12H2,1-2H3/t7-/m1/s1. The average Bonchev–Trinajstić information content (AvgIpc) is 2.27. The minimum atomic E-state index is -0.496. The molecule has 0 aliphatic rings. The Kier molecular flexibility index (Phi) is 4.38. The lowest BCUT2D eigenvalue weighted by Gasteiger charge is -2.17. The summed E-state index contributed by atoms with van der Waals surface area (Å²) in [7, 11) is 3.10. The van der Waals surface area contributed by atoms with Gasteiger partial charge in [-0.25, -0.2) is 0 Å². The third kappa shape index (κ3) is 2.42. The minimum absolute atomic E-state index is 0.151. The summed E-state index contributed by atoms with van der Waals surface area (Å²) in [4.78, 5) is 0. The molecule has 0 radical (unpaired) electrons. The summed E-state index contributed by atoms with van der Waals surface area (Å²) in [5.74, 6) is 1.15. The van der Waals surface area contributed by atoms with E-state index >= 15 is 0 Å². The highest BCUT2D eigenvalue weighted by atomic mass is 79.9. The molecule has 0 unspecified atom stereocenters. The number of ether oxygens (including phenoxy) is 2. The van der Waals surface area contributed by atoms with Crippen LogP contribution in [0.3, 0.4) is 0 Å². The Bertz CT molecular complexity index is 344. The lowest BCUT2D eigenvalue weighted by Crippen LogP contribution is -2.16. The molecule has 0 saturated carbocycles. The predicted molar refractivity (Wildman–Crippen MR) is 61.3 cm³/mol. The molecule has 3 N–H and O–H groups in total. The Labute approximate surface area is 97.1 Å². The molecule has 1 aromatic carbocycles. The number of benzene rings is 1. The minimum Gasteiger partial charge on any atom is -0.493 e. The van der Waals surface area contributed by atoms with Crippen LogP contribution in [0.1, 0.15) is 11.6 Å². The number of hydrogen-bond donors (Lipinski definition) is 2. The second kappa shape index (κ2) is 5.34. The first-order valence-corrected chi connectivity index (χ1v) is 5.21. The number of halogens is 1. The normalized spacial score (nSPS) is 12.3. The molecule has 0 aromatic heterocycles. The molecule has 1 atom stereocenters. The number of aliphatic hydroxyl groups is 1. The largest absolute Gasteiger partial charge is 0.493 e. The van der Waals surface area contributed by atoms with E-state index in [9.17, 15) is 0 Å². The summed E-state index contributed by atoms with van der Waals surface area (Å²) in [6.07, 6.45) is 0. The smallest absolute Gasteiger partial charge is 0.166 e. The van der Waals surface area contributed by atoms with Crippen LogP contribution in [0, 0.1) is 0 Å². The van der Waals surface area contributed by atoms with E-state index in [2.05, 4.69) is 15.9 Å². The van der Waals surface area contributed by atoms with E-state index < -0.39 is 6.04 Å². The third-order valence-electron chi connectivity index (χ3n) is 2.10. The van der Waals surface area contributed by atoms with Gasteiger partial charge in [-0.1, -0.05) is 15.9 Å². The fraction of sp³-hybridized carbons (Fsp3) is 0.400. The Morgan fingerprint density at radius 3 is 2.53 bits per heavy atom. The van der Waals surface area contributed by atoms with Crippen molar-refractivity contribution in [2.75, 3.05) is 20.8 Å². The zero-order valence-electron chi connectivity index (χ0n) is 8.66. The van der Waals surface area contributed by atoms with Crippen molar-refractivity contribution in [2.45, 2.75) is 6.04 Å². The maximum absolute atomic E-state index is 9.05. The molecule has 0 heterocycles. The van der Waals surface area contributed by atoms with Crippen molar-refractivity contribution < 1.29 is 14.6 Å². The van der Waals surface area contributed by atoms with Crippen LogP contribution >= 0.6 is 15.9 Å². The zero-order chi connectivity index (χ0) is 11.4. The molecule has 15 heavy (non-hydrogen) atoms. The maximum atomic E-state index is 9.05. The van der Waals surface area contributed by atoms with Gasteiger partial charge in [0.15, 0.2) is 11.5 Å². The highest BCUT2D eigenvalue weighted by Gasteiger charge is 2.18. The molecule has 0 spiro atoms. The van der Waals surface area contributed by atoms with Crippen molar-refractivity contribution in [2.24, 2.45) is 5.73 Å². The van der Waals surface area contributed by atoms with Gasteiger partial charge in [-0.05, 0) is 12.1 Å². The fourth-order valence-electron chi connectivity index (χ4n) is 1.36. The topological polar surface area (TPSA) is 64.7 Å². The highest BCUT2D eigenvalue weighted by Crippen LogP contribution is 2.38. The summed E-state index contributed by atoms with van der Waals surface area (Å²) in [6.45, 7) is -0.151. The molecule has 84 valence electrons. The van der Waals surface area contributed by atoms with Crippen molar-refractivity contribution in [3.63, 3.8) is 0 Å². The second-order valence-electron chi connectivity index (χ2n) is 2.99. The van der Waals surface area contributed by atoms with Crippen molar-refractivity contribution in [3.8, 4) is 11.5 Å². The van der Waals surface area contributed by atoms with Gasteiger partial charge >= 0.3 is 0 Å². The van der Waals surface area contributed by atoms with Crippen molar-refractivity contribution >= 4 is 15.9 Å². The van der Waals surface area contributed by atoms with Crippen LogP contribution in [-0.4, -0.2) is 25.9 Å². The van der Waals surface area contributed by atoms with Gasteiger partial charge in [-0.3, -0.25) is 0 Å². The quantitative estimate of drug-likeness (QED) is 0.873. The van der Waals surface area contributed by atoms with Crippen LogP contribution in [0.2, 0.25) is 0 Å². The Balaban J connectivity index is 3.31. The Hall–Kier alpha value is -0.780. The third-order valence-corrected chi connectivity index (χ3v) is 2.79. The summed E-state index contributed by atoms with van der Waals surface area (Å²) in [5.41, 5.74) is 6.49. The first-order valence-electron chi connectivity index (χ1n) is 4.42. The fourth-order valence-corrected chi connectivity index (χ4v) is 1.97. The first kappa shape index (κ1) is 12.3. The molecule has 5 heteroatoms. The summed E-state index contributed by atoms with van der Waals surface area (Å²) in [6, 6.07) is 3.09. The molecule has 0 amide bonds. The van der Waals surface area contributed by atoms with Crippen LogP contribution in [0.15, 0.2) is 16.6 Å². The van der Waals surface area contributed by atoms with E-state index in [-0.39, 0.29) is 6.61 Å². The summed E-state index contributed by atoms with van der Waals surface area (Å²) >= 11 is 3.37. The van der Waals surface area contributed by atoms with Crippen LogP contribution in [-0.2, 0) is 0 Å². The molecule has 0 aliphatic carbocycles. The molecule has 0 bridgehead atoms. The second-order valence-corrected chi connectivity index (χ2v) is 3.84. The monoisotopic (exact) mass is 275 g/mol. The lowest BCUT2D eigenvalue weighted by atomic mass is 10.1. The SMILES string of the molecule is COc1ccc(Br)c([C@H](N)CO)c1OC. The van der Waals surface area contributed by atoms with Crippen LogP contribution in [0.25, 0.3) is 0 Å². The van der Waals surface area contributed by atoms with E-state index in [0.29, 0.717) is 17.1 Å². The molecule has 0 aliphatic heterocycles. The van der Waals surface area contributed by atoms with E-state index in [1.165, 1.54) is 7.11 Å². The average molecular weight is 276 g/mol. The van der Waals surface area contributed by atoms with E-state index in [0.717, 1.165) is 4.47 Å². The van der Waals surface area contributed by atoms with Gasteiger partial charge in [0.25, 0.3) is 0 Å². The van der Waals surface area contributed by atoms with Gasteiger partial charge in [-0.2, -0.15) is 0 Å². The molecule has 0 saturated heterocycles. The summed E-state index contributed by atoms with van der Waals surface area (Å²) in [5, 5.41) is 9.05. The highest BCUT2D eigenvalue weighted by molar-refractivity contribution is 9.10. The number of rotatable bonds is 4.